The molecule has 0 rings (SSSR count). The van der Waals surface area contributed by atoms with Gasteiger partial charge in [-0.25, -0.2) is 14.7 Å². The first-order chi connectivity index (χ1) is 19.8. The molecule has 0 aliphatic carbocycles. The fourth-order valence-corrected chi connectivity index (χ4v) is 6.77. The van der Waals surface area contributed by atoms with Crippen LogP contribution in [0.1, 0.15) is 136 Å². The van der Waals surface area contributed by atoms with Crippen LogP contribution in [-0.4, -0.2) is 54.3 Å². The minimum atomic E-state index is -1.86. The zero-order valence-electron chi connectivity index (χ0n) is 26.2. The van der Waals surface area contributed by atoms with E-state index in [0.29, 0.717) is 19.8 Å². The van der Waals surface area contributed by atoms with E-state index in [0.717, 1.165) is 34.5 Å². The van der Waals surface area contributed by atoms with Crippen molar-refractivity contribution in [1.29, 1.82) is 0 Å². The summed E-state index contributed by atoms with van der Waals surface area (Å²) in [6.45, 7) is 8.21. The highest BCUT2D eigenvalue weighted by Crippen LogP contribution is 2.40. The maximum atomic E-state index is 5.34. The molecule has 0 saturated carbocycles. The van der Waals surface area contributed by atoms with E-state index in [-0.39, 0.29) is 0 Å². The molecule has 242 valence electrons. The second-order valence-corrected chi connectivity index (χ2v) is 14.6. The van der Waals surface area contributed by atoms with E-state index in [1.807, 2.05) is 35.3 Å². The molecule has 0 atom stereocenters. The van der Waals surface area contributed by atoms with Gasteiger partial charge in [0.05, 0.1) is 19.8 Å². The summed E-state index contributed by atoms with van der Waals surface area (Å²) in [5.74, 6) is 6.13. The highest BCUT2D eigenvalue weighted by Gasteiger charge is 2.17. The van der Waals surface area contributed by atoms with Crippen molar-refractivity contribution in [2.75, 3.05) is 54.3 Å². The van der Waals surface area contributed by atoms with E-state index >= 15 is 0 Å². The Labute approximate surface area is 262 Å². The smallest absolute Gasteiger partial charge is 0.228 e. The minimum Gasteiger partial charge on any atom is -0.228 e. The highest BCUT2D eigenvalue weighted by atomic mass is 32.2. The molecule has 40 heavy (non-hydrogen) atoms. The van der Waals surface area contributed by atoms with Crippen LogP contribution in [0.4, 0.5) is 0 Å². The van der Waals surface area contributed by atoms with Crippen LogP contribution in [0, 0.1) is 0 Å². The molecule has 0 spiro atoms. The molecule has 0 aliphatic heterocycles. The molecule has 0 saturated heterocycles. The minimum absolute atomic E-state index is 0.480. The normalized spacial score (nSPS) is 11.7. The lowest BCUT2D eigenvalue weighted by Crippen LogP contribution is -2.05. The van der Waals surface area contributed by atoms with Gasteiger partial charge < -0.3 is 0 Å². The summed E-state index contributed by atoms with van der Waals surface area (Å²) < 4.78 is 16.0. The Bertz CT molecular complexity index is 396. The van der Waals surface area contributed by atoms with Crippen LogP contribution in [0.3, 0.4) is 0 Å². The van der Waals surface area contributed by atoms with Crippen LogP contribution >= 0.6 is 43.9 Å². The average Bonchev–Trinajstić information content (AvgIpc) is 2.97. The predicted molar refractivity (Wildman–Crippen MR) is 180 cm³/mol. The van der Waals surface area contributed by atoms with Crippen LogP contribution < -0.4 is 0 Å². The van der Waals surface area contributed by atoms with Gasteiger partial charge in [0, 0.05) is 17.3 Å². The maximum absolute atomic E-state index is 5.34. The Morgan fingerprint density at radius 1 is 0.350 bits per heavy atom. The average molecular weight is 647 g/mol. The summed E-state index contributed by atoms with van der Waals surface area (Å²) in [6.07, 6.45) is 23.9. The summed E-state index contributed by atoms with van der Waals surface area (Å²) in [5.41, 5.74) is 0. The quantitative estimate of drug-likeness (QED) is 0.0286. The molecular formula is C30H63O6PS3. The van der Waals surface area contributed by atoms with Crippen LogP contribution in [0.5, 0.6) is 0 Å². The van der Waals surface area contributed by atoms with Crippen molar-refractivity contribution in [2.24, 2.45) is 0 Å². The predicted octanol–water partition coefficient (Wildman–Crippen LogP) is 11.3. The van der Waals surface area contributed by atoms with Crippen molar-refractivity contribution >= 4 is 43.9 Å². The molecule has 0 bridgehead atoms. The standard InChI is InChI=1S/C30H63O6PS3/c1-4-7-10-13-16-19-25-38-28-22-31-34-37(35-32-23-29-39-26-20-17-14-11-8-5-2)36-33-24-30-40-27-21-18-15-12-9-6-3/h4-30H2,1-3H3. The number of thioether (sulfide) groups is 3. The van der Waals surface area contributed by atoms with Crippen LogP contribution in [-0.2, 0) is 28.7 Å². The Balaban J connectivity index is 3.89. The monoisotopic (exact) mass is 646 g/mol. The van der Waals surface area contributed by atoms with E-state index in [1.165, 1.54) is 116 Å². The Morgan fingerprint density at radius 2 is 0.625 bits per heavy atom. The fraction of sp³-hybridized carbons (Fsp3) is 1.00. The lowest BCUT2D eigenvalue weighted by atomic mass is 10.1. The maximum Gasteiger partial charge on any atom is 0.421 e. The summed E-state index contributed by atoms with van der Waals surface area (Å²) >= 11 is 5.68. The molecule has 0 heterocycles. The largest absolute Gasteiger partial charge is 0.421 e. The van der Waals surface area contributed by atoms with Gasteiger partial charge >= 0.3 is 8.60 Å². The number of hydrogen-bond donors (Lipinski definition) is 0. The van der Waals surface area contributed by atoms with E-state index in [9.17, 15) is 0 Å². The third kappa shape index (κ3) is 35.4. The molecule has 0 aromatic heterocycles. The summed E-state index contributed by atoms with van der Waals surface area (Å²) in [7, 11) is -1.86. The first-order valence-electron chi connectivity index (χ1n) is 16.3. The molecule has 0 N–H and O–H groups in total. The zero-order valence-corrected chi connectivity index (χ0v) is 29.6. The van der Waals surface area contributed by atoms with Gasteiger partial charge in [-0.15, -0.1) is 14.0 Å². The molecule has 0 amide bonds. The van der Waals surface area contributed by atoms with Crippen molar-refractivity contribution in [3.63, 3.8) is 0 Å². The summed E-state index contributed by atoms with van der Waals surface area (Å²) in [5, 5.41) is 0. The molecular weight excluding hydrogens is 583 g/mol. The van der Waals surface area contributed by atoms with Gasteiger partial charge in [0.25, 0.3) is 0 Å². The Morgan fingerprint density at radius 3 is 0.925 bits per heavy atom. The van der Waals surface area contributed by atoms with Crippen molar-refractivity contribution in [3.05, 3.63) is 0 Å². The number of unbranched alkanes of at least 4 members (excludes halogenated alkanes) is 15. The van der Waals surface area contributed by atoms with Crippen molar-refractivity contribution < 1.29 is 28.7 Å². The lowest BCUT2D eigenvalue weighted by molar-refractivity contribution is -0.306. The van der Waals surface area contributed by atoms with Gasteiger partial charge in [-0.2, -0.15) is 35.3 Å². The van der Waals surface area contributed by atoms with Gasteiger partial charge in [-0.05, 0) is 36.5 Å². The van der Waals surface area contributed by atoms with E-state index < -0.39 is 8.60 Å². The van der Waals surface area contributed by atoms with Gasteiger partial charge in [0.2, 0.25) is 0 Å². The fourth-order valence-electron chi connectivity index (χ4n) is 3.82. The van der Waals surface area contributed by atoms with Gasteiger partial charge in [-0.1, -0.05) is 117 Å². The molecule has 0 aromatic rings. The first-order valence-corrected chi connectivity index (χ1v) is 20.8. The molecule has 10 heteroatoms. The molecule has 0 fully saturated rings. The topological polar surface area (TPSA) is 55.4 Å². The number of rotatable bonds is 36. The van der Waals surface area contributed by atoms with Gasteiger partial charge in [0.1, 0.15) is 0 Å². The van der Waals surface area contributed by atoms with Gasteiger partial charge in [-0.3, -0.25) is 0 Å². The van der Waals surface area contributed by atoms with E-state index in [2.05, 4.69) is 20.8 Å². The lowest BCUT2D eigenvalue weighted by Gasteiger charge is -2.13. The molecule has 0 aliphatic rings. The second-order valence-electron chi connectivity index (χ2n) is 10.1. The van der Waals surface area contributed by atoms with Crippen LogP contribution in [0.2, 0.25) is 0 Å². The highest BCUT2D eigenvalue weighted by molar-refractivity contribution is 7.99. The Kier molecular flexibility index (Phi) is 39.5. The van der Waals surface area contributed by atoms with E-state index in [1.54, 1.807) is 0 Å². The SMILES string of the molecule is CCCCCCCCSCCOOP(OOCCSCCCCCCCC)OOCCSCCCCCCCC. The third-order valence-corrected chi connectivity index (χ3v) is 9.98. The molecule has 0 radical (unpaired) electrons. The zero-order chi connectivity index (χ0) is 29.0. The van der Waals surface area contributed by atoms with Crippen molar-refractivity contribution in [1.82, 2.24) is 0 Å². The van der Waals surface area contributed by atoms with E-state index in [4.69, 9.17) is 28.7 Å². The molecule has 6 nitrogen and oxygen atoms in total. The van der Waals surface area contributed by atoms with Crippen LogP contribution in [0.25, 0.3) is 0 Å². The Hall–Kier alpha value is 1.24. The first kappa shape index (κ1) is 41.2. The van der Waals surface area contributed by atoms with Crippen molar-refractivity contribution in [2.45, 2.75) is 136 Å². The molecule has 0 unspecified atom stereocenters. The van der Waals surface area contributed by atoms with Crippen molar-refractivity contribution in [3.8, 4) is 0 Å². The summed E-state index contributed by atoms with van der Waals surface area (Å²) in [4.78, 5) is 16.0. The summed E-state index contributed by atoms with van der Waals surface area (Å²) in [6, 6.07) is 0. The van der Waals surface area contributed by atoms with Gasteiger partial charge in [0.15, 0.2) is 0 Å². The third-order valence-electron chi connectivity index (χ3n) is 6.20. The number of hydrogen-bond acceptors (Lipinski definition) is 9. The second kappa shape index (κ2) is 38.3. The van der Waals surface area contributed by atoms with Crippen LogP contribution in [0.15, 0.2) is 0 Å². The molecule has 0 aromatic carbocycles.